The van der Waals surface area contributed by atoms with Crippen molar-refractivity contribution in [3.63, 3.8) is 0 Å². The van der Waals surface area contributed by atoms with Gasteiger partial charge in [-0.05, 0) is 24.3 Å². The van der Waals surface area contributed by atoms with E-state index in [-0.39, 0.29) is 5.75 Å². The van der Waals surface area contributed by atoms with Gasteiger partial charge in [-0.15, -0.1) is 0 Å². The Hall–Kier alpha value is -2.15. The number of amides is 1. The van der Waals surface area contributed by atoms with E-state index in [2.05, 4.69) is 36.7 Å². The first-order chi connectivity index (χ1) is 8.66. The van der Waals surface area contributed by atoms with Crippen molar-refractivity contribution in [2.45, 2.75) is 0 Å². The molecule has 0 aliphatic heterocycles. The smallest absolute Gasteiger partial charge is 0.289 e. The molecule has 0 saturated carbocycles. The highest BCUT2D eigenvalue weighted by Gasteiger charge is 2.04. The molecule has 0 atom stereocenters. The van der Waals surface area contributed by atoms with E-state index in [1.54, 1.807) is 12.1 Å². The van der Waals surface area contributed by atoms with Crippen LogP contribution in [0.5, 0.6) is 5.75 Å². The van der Waals surface area contributed by atoms with Gasteiger partial charge >= 0.3 is 0 Å². The van der Waals surface area contributed by atoms with Gasteiger partial charge in [0, 0.05) is 16.2 Å². The number of rotatable bonds is 3. The van der Waals surface area contributed by atoms with Crippen LogP contribution in [0.3, 0.4) is 0 Å². The van der Waals surface area contributed by atoms with Crippen LogP contribution in [0.1, 0.15) is 16.1 Å². The van der Waals surface area contributed by atoms with E-state index in [0.717, 1.165) is 4.47 Å². The summed E-state index contributed by atoms with van der Waals surface area (Å²) >= 11 is 3.28. The predicted octanol–water partition coefficient (Wildman–Crippen LogP) is 1.64. The Balaban J connectivity index is 2.03. The molecular formula is C11H9BrN4O2. The number of nitrogens with zero attached hydrogens (tertiary/aromatic N) is 2. The van der Waals surface area contributed by atoms with Gasteiger partial charge in [0.15, 0.2) is 0 Å². The first kappa shape index (κ1) is 12.3. The van der Waals surface area contributed by atoms with Crippen LogP contribution >= 0.6 is 15.9 Å². The van der Waals surface area contributed by atoms with E-state index in [0.29, 0.717) is 11.3 Å². The molecule has 0 bridgehead atoms. The van der Waals surface area contributed by atoms with Crippen LogP contribution in [0.2, 0.25) is 0 Å². The van der Waals surface area contributed by atoms with Crippen molar-refractivity contribution in [2.24, 2.45) is 5.10 Å². The standard InChI is InChI=1S/C11H9BrN4O2/c12-8-1-2-10(17)7(5-8)6-14-16-11(18)9-3-4-13-15-9/h1-6,17H,(H,13,15)(H,16,18)/b14-6+. The second-order valence-electron chi connectivity index (χ2n) is 3.37. The SMILES string of the molecule is O=C(N/N=C/c1cc(Br)ccc1O)c1ccn[nH]1. The van der Waals surface area contributed by atoms with E-state index >= 15 is 0 Å². The minimum atomic E-state index is -0.404. The number of hydrogen-bond donors (Lipinski definition) is 3. The second-order valence-corrected chi connectivity index (χ2v) is 4.29. The number of phenolic OH excluding ortho intramolecular Hbond substituents is 1. The number of H-pyrrole nitrogens is 1. The number of halogens is 1. The van der Waals surface area contributed by atoms with Crippen molar-refractivity contribution in [3.05, 3.63) is 46.2 Å². The van der Waals surface area contributed by atoms with Crippen molar-refractivity contribution < 1.29 is 9.90 Å². The lowest BCUT2D eigenvalue weighted by atomic mass is 10.2. The molecule has 0 fully saturated rings. The van der Waals surface area contributed by atoms with Crippen LogP contribution < -0.4 is 5.43 Å². The highest BCUT2D eigenvalue weighted by molar-refractivity contribution is 9.10. The van der Waals surface area contributed by atoms with Gasteiger partial charge in [0.1, 0.15) is 11.4 Å². The number of nitrogens with one attached hydrogen (secondary N) is 2. The first-order valence-corrected chi connectivity index (χ1v) is 5.77. The van der Waals surface area contributed by atoms with Gasteiger partial charge in [-0.1, -0.05) is 15.9 Å². The predicted molar refractivity (Wildman–Crippen MR) is 69.5 cm³/mol. The summed E-state index contributed by atoms with van der Waals surface area (Å²) in [5.41, 5.74) is 3.12. The molecule has 0 aliphatic carbocycles. The van der Waals surface area contributed by atoms with Crippen molar-refractivity contribution in [2.75, 3.05) is 0 Å². The Morgan fingerprint density at radius 2 is 2.33 bits per heavy atom. The topological polar surface area (TPSA) is 90.4 Å². The van der Waals surface area contributed by atoms with Gasteiger partial charge in [0.2, 0.25) is 0 Å². The number of aromatic hydroxyl groups is 1. The van der Waals surface area contributed by atoms with E-state index < -0.39 is 5.91 Å². The van der Waals surface area contributed by atoms with Crippen LogP contribution in [0.25, 0.3) is 0 Å². The zero-order valence-electron chi connectivity index (χ0n) is 9.09. The molecule has 0 spiro atoms. The molecule has 2 rings (SSSR count). The number of hydrogen-bond acceptors (Lipinski definition) is 4. The second kappa shape index (κ2) is 5.46. The van der Waals surface area contributed by atoms with E-state index in [1.807, 2.05) is 0 Å². The summed E-state index contributed by atoms with van der Waals surface area (Å²) in [7, 11) is 0. The molecule has 1 aromatic carbocycles. The summed E-state index contributed by atoms with van der Waals surface area (Å²) in [5, 5.41) is 19.5. The molecule has 3 N–H and O–H groups in total. The van der Waals surface area contributed by atoms with Gasteiger partial charge < -0.3 is 5.11 Å². The fraction of sp³-hybridized carbons (Fsp3) is 0. The molecule has 18 heavy (non-hydrogen) atoms. The van der Waals surface area contributed by atoms with Crippen molar-refractivity contribution in [1.82, 2.24) is 15.6 Å². The van der Waals surface area contributed by atoms with E-state index in [9.17, 15) is 9.90 Å². The van der Waals surface area contributed by atoms with Crippen molar-refractivity contribution >= 4 is 28.1 Å². The average molecular weight is 309 g/mol. The number of carbonyl (C=O) groups is 1. The number of hydrazone groups is 1. The lowest BCUT2D eigenvalue weighted by Gasteiger charge is -1.99. The van der Waals surface area contributed by atoms with Gasteiger partial charge in [-0.3, -0.25) is 9.89 Å². The number of phenols is 1. The maximum absolute atomic E-state index is 11.5. The zero-order chi connectivity index (χ0) is 13.0. The third kappa shape index (κ3) is 2.95. The fourth-order valence-electron chi connectivity index (χ4n) is 1.23. The number of aromatic amines is 1. The Kier molecular flexibility index (Phi) is 3.73. The average Bonchev–Trinajstić information content (AvgIpc) is 2.87. The Labute approximate surface area is 111 Å². The molecule has 0 saturated heterocycles. The largest absolute Gasteiger partial charge is 0.507 e. The van der Waals surface area contributed by atoms with Crippen LogP contribution in [-0.2, 0) is 0 Å². The number of benzene rings is 1. The molecule has 7 heteroatoms. The first-order valence-electron chi connectivity index (χ1n) is 4.98. The van der Waals surface area contributed by atoms with Crippen molar-refractivity contribution in [3.8, 4) is 5.75 Å². The summed E-state index contributed by atoms with van der Waals surface area (Å²) in [5.74, 6) is -0.323. The summed E-state index contributed by atoms with van der Waals surface area (Å²) in [6.07, 6.45) is 2.83. The van der Waals surface area contributed by atoms with Gasteiger partial charge in [0.05, 0.1) is 6.21 Å². The zero-order valence-corrected chi connectivity index (χ0v) is 10.7. The Morgan fingerprint density at radius 3 is 3.06 bits per heavy atom. The molecule has 0 aliphatic rings. The molecule has 2 aromatic rings. The molecule has 1 aromatic heterocycles. The highest BCUT2D eigenvalue weighted by Crippen LogP contribution is 2.19. The monoisotopic (exact) mass is 308 g/mol. The number of aromatic nitrogens is 2. The summed E-state index contributed by atoms with van der Waals surface area (Å²) in [4.78, 5) is 11.5. The fourth-order valence-corrected chi connectivity index (χ4v) is 1.61. The highest BCUT2D eigenvalue weighted by atomic mass is 79.9. The summed E-state index contributed by atoms with van der Waals surface area (Å²) in [6.45, 7) is 0. The summed E-state index contributed by atoms with van der Waals surface area (Å²) < 4.78 is 0.807. The minimum absolute atomic E-state index is 0.0812. The lowest BCUT2D eigenvalue weighted by Crippen LogP contribution is -2.17. The quantitative estimate of drug-likeness (QED) is 0.595. The maximum Gasteiger partial charge on any atom is 0.289 e. The normalized spacial score (nSPS) is 10.7. The molecular weight excluding hydrogens is 300 g/mol. The Bertz CT molecular complexity index is 581. The van der Waals surface area contributed by atoms with Crippen LogP contribution in [0.15, 0.2) is 40.0 Å². The van der Waals surface area contributed by atoms with Crippen molar-refractivity contribution in [1.29, 1.82) is 0 Å². The molecule has 0 radical (unpaired) electrons. The van der Waals surface area contributed by atoms with E-state index in [4.69, 9.17) is 0 Å². The third-order valence-electron chi connectivity index (χ3n) is 2.10. The molecule has 0 unspecified atom stereocenters. The molecule has 1 heterocycles. The summed E-state index contributed by atoms with van der Waals surface area (Å²) in [6, 6.07) is 6.45. The van der Waals surface area contributed by atoms with Gasteiger partial charge in [-0.25, -0.2) is 5.43 Å². The van der Waals surface area contributed by atoms with E-state index in [1.165, 1.54) is 24.5 Å². The molecule has 92 valence electrons. The molecule has 6 nitrogen and oxygen atoms in total. The molecule has 1 amide bonds. The van der Waals surface area contributed by atoms with Crippen LogP contribution in [0.4, 0.5) is 0 Å². The van der Waals surface area contributed by atoms with Crippen LogP contribution in [0, 0.1) is 0 Å². The minimum Gasteiger partial charge on any atom is -0.507 e. The maximum atomic E-state index is 11.5. The third-order valence-corrected chi connectivity index (χ3v) is 2.60. The van der Waals surface area contributed by atoms with Gasteiger partial charge in [0.25, 0.3) is 5.91 Å². The Morgan fingerprint density at radius 1 is 1.50 bits per heavy atom. The lowest BCUT2D eigenvalue weighted by molar-refractivity contribution is 0.0950. The van der Waals surface area contributed by atoms with Gasteiger partial charge in [-0.2, -0.15) is 10.2 Å². The number of carbonyl (C=O) groups excluding carboxylic acids is 1. The van der Waals surface area contributed by atoms with Crippen LogP contribution in [-0.4, -0.2) is 27.4 Å².